The molecule has 7 heteroatoms. The molecule has 0 fully saturated rings. The normalized spacial score (nSPS) is 10.5. The van der Waals surface area contributed by atoms with Crippen molar-refractivity contribution >= 4 is 38.3 Å². The van der Waals surface area contributed by atoms with Crippen molar-refractivity contribution in [1.29, 1.82) is 0 Å². The molecule has 0 aliphatic rings. The van der Waals surface area contributed by atoms with Crippen LogP contribution in [0.2, 0.25) is 0 Å². The van der Waals surface area contributed by atoms with Crippen molar-refractivity contribution in [2.75, 3.05) is 12.4 Å². The lowest BCUT2D eigenvalue weighted by molar-refractivity contribution is 0.413. The summed E-state index contributed by atoms with van der Waals surface area (Å²) in [6.07, 6.45) is 0. The number of ether oxygens (including phenoxy) is 1. The Balaban J connectivity index is 2.58. The van der Waals surface area contributed by atoms with Crippen molar-refractivity contribution in [2.45, 2.75) is 20.8 Å². The van der Waals surface area contributed by atoms with Crippen LogP contribution in [-0.2, 0) is 0 Å². The number of rotatable bonds is 3. The molecule has 0 bridgehead atoms. The van der Waals surface area contributed by atoms with E-state index in [0.29, 0.717) is 5.13 Å². The second-order valence-electron chi connectivity index (χ2n) is 3.89. The number of anilines is 2. The SMILES string of the molecule is COc1c(C)c(C)c(Br)c(C)c1Nc1nnns1. The molecule has 5 nitrogen and oxygen atoms in total. The fourth-order valence-corrected chi connectivity index (χ4v) is 2.64. The molecule has 2 rings (SSSR count). The van der Waals surface area contributed by atoms with Gasteiger partial charge in [0.15, 0.2) is 0 Å². The number of nitrogens with zero attached hydrogens (tertiary/aromatic N) is 3. The minimum Gasteiger partial charge on any atom is -0.494 e. The van der Waals surface area contributed by atoms with Crippen LogP contribution < -0.4 is 10.1 Å². The van der Waals surface area contributed by atoms with Crippen LogP contribution >= 0.6 is 27.5 Å². The van der Waals surface area contributed by atoms with Crippen LogP contribution in [0.5, 0.6) is 5.75 Å². The van der Waals surface area contributed by atoms with Crippen molar-refractivity contribution in [2.24, 2.45) is 0 Å². The van der Waals surface area contributed by atoms with E-state index >= 15 is 0 Å². The zero-order valence-electron chi connectivity index (χ0n) is 10.5. The van der Waals surface area contributed by atoms with Crippen molar-refractivity contribution in [3.63, 3.8) is 0 Å². The molecule has 0 radical (unpaired) electrons. The average molecular weight is 329 g/mol. The number of hydrogen-bond donors (Lipinski definition) is 1. The summed E-state index contributed by atoms with van der Waals surface area (Å²) in [6.45, 7) is 6.11. The predicted octanol–water partition coefficient (Wildman–Crippen LogP) is 3.37. The summed E-state index contributed by atoms with van der Waals surface area (Å²) in [5.74, 6) is 0.823. The lowest BCUT2D eigenvalue weighted by Crippen LogP contribution is -2.02. The molecule has 0 aliphatic carbocycles. The summed E-state index contributed by atoms with van der Waals surface area (Å²) in [5, 5.41) is 11.3. The summed E-state index contributed by atoms with van der Waals surface area (Å²) in [4.78, 5) is 0. The number of nitrogens with one attached hydrogen (secondary N) is 1. The number of methoxy groups -OCH3 is 1. The molecule has 0 atom stereocenters. The number of hydrogen-bond acceptors (Lipinski definition) is 6. The average Bonchev–Trinajstić information content (AvgIpc) is 2.87. The lowest BCUT2D eigenvalue weighted by atomic mass is 10.0. The van der Waals surface area contributed by atoms with Crippen LogP contribution in [0, 0.1) is 20.8 Å². The van der Waals surface area contributed by atoms with Gasteiger partial charge in [-0.1, -0.05) is 25.5 Å². The van der Waals surface area contributed by atoms with E-state index in [0.717, 1.165) is 27.0 Å². The molecule has 1 N–H and O–H groups in total. The maximum Gasteiger partial charge on any atom is 0.229 e. The van der Waals surface area contributed by atoms with Gasteiger partial charge in [0, 0.05) is 16.0 Å². The molecule has 0 unspecified atom stereocenters. The van der Waals surface area contributed by atoms with Gasteiger partial charge in [-0.3, -0.25) is 0 Å². The maximum atomic E-state index is 5.49. The molecule has 18 heavy (non-hydrogen) atoms. The Morgan fingerprint density at radius 3 is 2.44 bits per heavy atom. The summed E-state index contributed by atoms with van der Waals surface area (Å²) < 4.78 is 10.3. The molecule has 0 saturated heterocycles. The molecule has 0 saturated carbocycles. The van der Waals surface area contributed by atoms with Crippen LogP contribution in [0.3, 0.4) is 0 Å². The van der Waals surface area contributed by atoms with Crippen molar-refractivity contribution < 1.29 is 4.74 Å². The van der Waals surface area contributed by atoms with Gasteiger partial charge in [0.25, 0.3) is 0 Å². The van der Waals surface area contributed by atoms with Gasteiger partial charge in [-0.2, -0.15) is 0 Å². The smallest absolute Gasteiger partial charge is 0.229 e. The fraction of sp³-hybridized carbons (Fsp3) is 0.364. The minimum atomic E-state index is 0.645. The summed E-state index contributed by atoms with van der Waals surface area (Å²) in [6, 6.07) is 0. The van der Waals surface area contributed by atoms with Crippen LogP contribution in [0.15, 0.2) is 4.47 Å². The van der Waals surface area contributed by atoms with Gasteiger partial charge in [-0.25, -0.2) is 0 Å². The Kier molecular flexibility index (Phi) is 3.82. The second kappa shape index (κ2) is 5.19. The van der Waals surface area contributed by atoms with Crippen molar-refractivity contribution in [3.8, 4) is 5.75 Å². The van der Waals surface area contributed by atoms with Gasteiger partial charge in [0.2, 0.25) is 5.13 Å². The standard InChI is InChI=1S/C11H13BrN4OS/c1-5-6(2)10(17-4)9(7(3)8(5)12)13-11-14-15-16-18-11/h1-4H3,(H,13,14,16). The van der Waals surface area contributed by atoms with Crippen LogP contribution in [0.25, 0.3) is 0 Å². The summed E-state index contributed by atoms with van der Waals surface area (Å²) in [7, 11) is 1.67. The Bertz CT molecular complexity index is 571. The third-order valence-electron chi connectivity index (χ3n) is 2.90. The van der Waals surface area contributed by atoms with E-state index in [1.807, 2.05) is 13.8 Å². The first-order valence-corrected chi connectivity index (χ1v) is 6.88. The van der Waals surface area contributed by atoms with E-state index in [1.54, 1.807) is 7.11 Å². The lowest BCUT2D eigenvalue weighted by Gasteiger charge is -2.18. The third-order valence-corrected chi connectivity index (χ3v) is 4.60. The third kappa shape index (κ3) is 2.20. The highest BCUT2D eigenvalue weighted by molar-refractivity contribution is 9.10. The maximum absolute atomic E-state index is 5.49. The zero-order chi connectivity index (χ0) is 13.3. The number of aromatic nitrogens is 3. The minimum absolute atomic E-state index is 0.645. The van der Waals surface area contributed by atoms with Crippen molar-refractivity contribution in [3.05, 3.63) is 21.2 Å². The van der Waals surface area contributed by atoms with Crippen LogP contribution in [0.4, 0.5) is 10.8 Å². The first-order valence-electron chi connectivity index (χ1n) is 5.31. The van der Waals surface area contributed by atoms with Gasteiger partial charge in [0.1, 0.15) is 5.75 Å². The van der Waals surface area contributed by atoms with Gasteiger partial charge >= 0.3 is 0 Å². The number of halogens is 1. The van der Waals surface area contributed by atoms with Gasteiger partial charge in [-0.05, 0) is 42.7 Å². The first-order chi connectivity index (χ1) is 8.56. The summed E-state index contributed by atoms with van der Waals surface area (Å²) in [5.41, 5.74) is 4.23. The van der Waals surface area contributed by atoms with E-state index in [-0.39, 0.29) is 0 Å². The largest absolute Gasteiger partial charge is 0.494 e. The molecule has 1 aromatic carbocycles. The molecular weight excluding hydrogens is 316 g/mol. The van der Waals surface area contributed by atoms with Gasteiger partial charge in [-0.15, -0.1) is 0 Å². The van der Waals surface area contributed by atoms with Crippen LogP contribution in [0.1, 0.15) is 16.7 Å². The van der Waals surface area contributed by atoms with E-state index in [4.69, 9.17) is 4.74 Å². The van der Waals surface area contributed by atoms with Crippen LogP contribution in [-0.4, -0.2) is 21.9 Å². The predicted molar refractivity (Wildman–Crippen MR) is 75.9 cm³/mol. The summed E-state index contributed by atoms with van der Waals surface area (Å²) >= 11 is 4.81. The highest BCUT2D eigenvalue weighted by Gasteiger charge is 2.17. The second-order valence-corrected chi connectivity index (χ2v) is 5.42. The van der Waals surface area contributed by atoms with Crippen molar-refractivity contribution in [1.82, 2.24) is 14.8 Å². The highest BCUT2D eigenvalue weighted by Crippen LogP contribution is 2.41. The number of benzene rings is 1. The zero-order valence-corrected chi connectivity index (χ0v) is 12.9. The molecule has 1 heterocycles. The molecule has 0 aliphatic heterocycles. The Morgan fingerprint density at radius 2 is 1.89 bits per heavy atom. The monoisotopic (exact) mass is 328 g/mol. The first kappa shape index (κ1) is 13.2. The molecular formula is C11H13BrN4OS. The molecule has 2 aromatic rings. The topological polar surface area (TPSA) is 59.9 Å². The molecule has 96 valence electrons. The molecule has 0 amide bonds. The highest BCUT2D eigenvalue weighted by atomic mass is 79.9. The van der Waals surface area contributed by atoms with Gasteiger partial charge < -0.3 is 10.1 Å². The van der Waals surface area contributed by atoms with E-state index in [2.05, 4.69) is 43.0 Å². The van der Waals surface area contributed by atoms with E-state index in [1.165, 1.54) is 17.1 Å². The Morgan fingerprint density at radius 1 is 1.17 bits per heavy atom. The van der Waals surface area contributed by atoms with E-state index in [9.17, 15) is 0 Å². The molecule has 1 aromatic heterocycles. The Hall–Kier alpha value is -1.21. The fourth-order valence-electron chi connectivity index (χ4n) is 1.78. The van der Waals surface area contributed by atoms with Gasteiger partial charge in [0.05, 0.1) is 12.8 Å². The Labute approximate surface area is 118 Å². The van der Waals surface area contributed by atoms with E-state index < -0.39 is 0 Å². The quantitative estimate of drug-likeness (QED) is 0.935. The molecule has 0 spiro atoms.